The van der Waals surface area contributed by atoms with Crippen LogP contribution in [0.5, 0.6) is 0 Å². The third-order valence-electron chi connectivity index (χ3n) is 2.53. The standard InChI is InChI=1S/C14H24N2O2S/c1-5-11(15-10-12-7-6-8-19-12)9-16-13(17)18-14(2,3)4/h6-8,11,15H,5,9-10H2,1-4H3,(H,16,17). The van der Waals surface area contributed by atoms with Crippen LogP contribution in [0, 0.1) is 0 Å². The van der Waals surface area contributed by atoms with Crippen LogP contribution in [0.2, 0.25) is 0 Å². The second-order valence-electron chi connectivity index (χ2n) is 5.45. The highest BCUT2D eigenvalue weighted by Gasteiger charge is 2.16. The first-order chi connectivity index (χ1) is 8.90. The number of hydrogen-bond donors (Lipinski definition) is 2. The van der Waals surface area contributed by atoms with E-state index >= 15 is 0 Å². The summed E-state index contributed by atoms with van der Waals surface area (Å²) < 4.78 is 5.21. The highest BCUT2D eigenvalue weighted by atomic mass is 32.1. The topological polar surface area (TPSA) is 50.4 Å². The van der Waals surface area contributed by atoms with Crippen LogP contribution in [0.4, 0.5) is 4.79 Å². The lowest BCUT2D eigenvalue weighted by Crippen LogP contribution is -2.42. The number of alkyl carbamates (subject to hydrolysis) is 1. The summed E-state index contributed by atoms with van der Waals surface area (Å²) in [5, 5.41) is 8.30. The maximum absolute atomic E-state index is 11.6. The summed E-state index contributed by atoms with van der Waals surface area (Å²) in [4.78, 5) is 12.9. The quantitative estimate of drug-likeness (QED) is 0.843. The van der Waals surface area contributed by atoms with Gasteiger partial charge in [0.05, 0.1) is 0 Å². The van der Waals surface area contributed by atoms with Gasteiger partial charge in [-0.2, -0.15) is 0 Å². The highest BCUT2D eigenvalue weighted by molar-refractivity contribution is 7.09. The van der Waals surface area contributed by atoms with Crippen LogP contribution in [0.15, 0.2) is 17.5 Å². The molecule has 0 aliphatic heterocycles. The lowest BCUT2D eigenvalue weighted by Gasteiger charge is -2.22. The van der Waals surface area contributed by atoms with Gasteiger partial charge < -0.3 is 15.4 Å². The van der Waals surface area contributed by atoms with Gasteiger partial charge in [-0.1, -0.05) is 13.0 Å². The number of ether oxygens (including phenoxy) is 1. The second-order valence-corrected chi connectivity index (χ2v) is 6.48. The summed E-state index contributed by atoms with van der Waals surface area (Å²) >= 11 is 1.73. The first-order valence-electron chi connectivity index (χ1n) is 6.63. The molecule has 1 aromatic heterocycles. The van der Waals surface area contributed by atoms with Crippen molar-refractivity contribution in [3.63, 3.8) is 0 Å². The Hall–Kier alpha value is -1.07. The number of rotatable bonds is 6. The molecule has 0 bridgehead atoms. The zero-order valence-electron chi connectivity index (χ0n) is 12.2. The molecule has 19 heavy (non-hydrogen) atoms. The molecule has 0 aromatic carbocycles. The minimum absolute atomic E-state index is 0.259. The number of amides is 1. The van der Waals surface area contributed by atoms with Gasteiger partial charge in [0.25, 0.3) is 0 Å². The minimum Gasteiger partial charge on any atom is -0.444 e. The van der Waals surface area contributed by atoms with E-state index in [1.165, 1.54) is 4.88 Å². The van der Waals surface area contributed by atoms with Crippen LogP contribution >= 0.6 is 11.3 Å². The summed E-state index contributed by atoms with van der Waals surface area (Å²) in [5.41, 5.74) is -0.448. The SMILES string of the molecule is CCC(CNC(=O)OC(C)(C)C)NCc1cccs1. The van der Waals surface area contributed by atoms with Crippen LogP contribution in [0.3, 0.4) is 0 Å². The second kappa shape index (κ2) is 7.50. The van der Waals surface area contributed by atoms with Gasteiger partial charge in [0.15, 0.2) is 0 Å². The fourth-order valence-corrected chi connectivity index (χ4v) is 2.20. The Kier molecular flexibility index (Phi) is 6.31. The Labute approximate surface area is 119 Å². The number of carbonyl (C=O) groups excluding carboxylic acids is 1. The molecule has 5 heteroatoms. The zero-order valence-corrected chi connectivity index (χ0v) is 13.0. The molecule has 1 amide bonds. The van der Waals surface area contributed by atoms with E-state index in [0.29, 0.717) is 6.54 Å². The Morgan fingerprint density at radius 3 is 2.74 bits per heavy atom. The third-order valence-corrected chi connectivity index (χ3v) is 3.41. The molecule has 0 aliphatic carbocycles. The first kappa shape index (κ1) is 16.0. The van der Waals surface area contributed by atoms with Crippen LogP contribution in [-0.4, -0.2) is 24.3 Å². The van der Waals surface area contributed by atoms with Gasteiger partial charge in [0.2, 0.25) is 0 Å². The molecule has 0 radical (unpaired) electrons. The third kappa shape index (κ3) is 7.18. The van der Waals surface area contributed by atoms with Crippen molar-refractivity contribution in [3.05, 3.63) is 22.4 Å². The van der Waals surface area contributed by atoms with Crippen LogP contribution < -0.4 is 10.6 Å². The van der Waals surface area contributed by atoms with Gasteiger partial charge >= 0.3 is 6.09 Å². The molecule has 0 aliphatic rings. The summed E-state index contributed by atoms with van der Waals surface area (Å²) in [6, 6.07) is 4.40. The molecular weight excluding hydrogens is 260 g/mol. The number of hydrogen-bond acceptors (Lipinski definition) is 4. The predicted molar refractivity (Wildman–Crippen MR) is 79.5 cm³/mol. The molecule has 0 spiro atoms. The maximum atomic E-state index is 11.6. The lowest BCUT2D eigenvalue weighted by molar-refractivity contribution is 0.0522. The van der Waals surface area contributed by atoms with Crippen molar-refractivity contribution in [3.8, 4) is 0 Å². The predicted octanol–water partition coefficient (Wildman–Crippen LogP) is 3.14. The van der Waals surface area contributed by atoms with E-state index in [2.05, 4.69) is 29.0 Å². The summed E-state index contributed by atoms with van der Waals surface area (Å²) in [6.07, 6.45) is 0.602. The smallest absolute Gasteiger partial charge is 0.407 e. The van der Waals surface area contributed by atoms with Gasteiger partial charge in [0.1, 0.15) is 5.60 Å². The number of carbonyl (C=O) groups is 1. The zero-order chi connectivity index (χ0) is 14.3. The molecule has 1 aromatic rings. The van der Waals surface area contributed by atoms with Gasteiger partial charge in [0, 0.05) is 24.0 Å². The Bertz CT molecular complexity index is 371. The summed E-state index contributed by atoms with van der Waals surface area (Å²) in [6.45, 7) is 9.10. The molecule has 1 heterocycles. The normalized spacial score (nSPS) is 13.1. The van der Waals surface area contributed by atoms with E-state index in [1.807, 2.05) is 26.8 Å². The number of thiophene rings is 1. The van der Waals surface area contributed by atoms with E-state index in [4.69, 9.17) is 4.74 Å². The van der Waals surface area contributed by atoms with Crippen molar-refractivity contribution < 1.29 is 9.53 Å². The Balaban J connectivity index is 2.26. The van der Waals surface area contributed by atoms with E-state index in [9.17, 15) is 4.79 Å². The van der Waals surface area contributed by atoms with E-state index < -0.39 is 5.60 Å². The molecule has 0 saturated carbocycles. The van der Waals surface area contributed by atoms with Gasteiger partial charge in [-0.15, -0.1) is 11.3 Å². The van der Waals surface area contributed by atoms with Crippen molar-refractivity contribution in [2.24, 2.45) is 0 Å². The van der Waals surface area contributed by atoms with Crippen LogP contribution in [0.1, 0.15) is 39.0 Å². The molecule has 1 rings (SSSR count). The average molecular weight is 284 g/mol. The average Bonchev–Trinajstić information content (AvgIpc) is 2.80. The monoisotopic (exact) mass is 284 g/mol. The minimum atomic E-state index is -0.448. The fraction of sp³-hybridized carbons (Fsp3) is 0.643. The molecule has 1 unspecified atom stereocenters. The van der Waals surface area contributed by atoms with E-state index in [1.54, 1.807) is 11.3 Å². The molecular formula is C14H24N2O2S. The van der Waals surface area contributed by atoms with E-state index in [-0.39, 0.29) is 12.1 Å². The largest absolute Gasteiger partial charge is 0.444 e. The molecule has 108 valence electrons. The van der Waals surface area contributed by atoms with Crippen molar-refractivity contribution in [2.45, 2.75) is 52.3 Å². The highest BCUT2D eigenvalue weighted by Crippen LogP contribution is 2.08. The maximum Gasteiger partial charge on any atom is 0.407 e. The van der Waals surface area contributed by atoms with Crippen molar-refractivity contribution in [1.29, 1.82) is 0 Å². The Morgan fingerprint density at radius 1 is 1.47 bits per heavy atom. The van der Waals surface area contributed by atoms with Crippen molar-refractivity contribution in [2.75, 3.05) is 6.54 Å². The fourth-order valence-electron chi connectivity index (χ4n) is 1.54. The van der Waals surface area contributed by atoms with Gasteiger partial charge in [-0.3, -0.25) is 0 Å². The summed E-state index contributed by atoms with van der Waals surface area (Å²) in [7, 11) is 0. The van der Waals surface area contributed by atoms with Gasteiger partial charge in [-0.05, 0) is 38.6 Å². The molecule has 0 saturated heterocycles. The molecule has 2 N–H and O–H groups in total. The lowest BCUT2D eigenvalue weighted by atomic mass is 10.2. The van der Waals surface area contributed by atoms with Crippen molar-refractivity contribution >= 4 is 17.4 Å². The summed E-state index contributed by atoms with van der Waals surface area (Å²) in [5.74, 6) is 0. The number of nitrogens with one attached hydrogen (secondary N) is 2. The van der Waals surface area contributed by atoms with Gasteiger partial charge in [-0.25, -0.2) is 4.79 Å². The molecule has 0 fully saturated rings. The van der Waals surface area contributed by atoms with Crippen molar-refractivity contribution in [1.82, 2.24) is 10.6 Å². The van der Waals surface area contributed by atoms with Crippen LogP contribution in [0.25, 0.3) is 0 Å². The van der Waals surface area contributed by atoms with E-state index in [0.717, 1.165) is 13.0 Å². The molecule has 4 nitrogen and oxygen atoms in total. The van der Waals surface area contributed by atoms with Crippen LogP contribution in [-0.2, 0) is 11.3 Å². The molecule has 1 atom stereocenters. The Morgan fingerprint density at radius 2 is 2.21 bits per heavy atom. The first-order valence-corrected chi connectivity index (χ1v) is 7.51.